The lowest BCUT2D eigenvalue weighted by Crippen LogP contribution is -2.49. The zero-order chi connectivity index (χ0) is 18.0. The lowest BCUT2D eigenvalue weighted by atomic mass is 10.2. The van der Waals surface area contributed by atoms with E-state index >= 15 is 0 Å². The van der Waals surface area contributed by atoms with Crippen molar-refractivity contribution < 1.29 is 22.6 Å². The second-order valence-corrected chi connectivity index (χ2v) is 5.66. The summed E-state index contributed by atoms with van der Waals surface area (Å²) < 4.78 is 49.4. The van der Waals surface area contributed by atoms with E-state index in [1.54, 1.807) is 37.1 Å². The number of aryl methyl sites for hydroxylation is 1. The summed E-state index contributed by atoms with van der Waals surface area (Å²) in [7, 11) is 0. The lowest BCUT2D eigenvalue weighted by molar-refractivity contribution is -0.221. The molecule has 0 bridgehead atoms. The third kappa shape index (κ3) is 3.81. The van der Waals surface area contributed by atoms with Gasteiger partial charge < -0.3 is 14.4 Å². The molecule has 0 aliphatic carbocycles. The number of morpholine rings is 1. The molecule has 3 heterocycles. The second-order valence-electron chi connectivity index (χ2n) is 5.66. The summed E-state index contributed by atoms with van der Waals surface area (Å²) in [5.74, 6) is 1.23. The van der Waals surface area contributed by atoms with Gasteiger partial charge in [0.05, 0.1) is 24.4 Å². The fourth-order valence-electron chi connectivity index (χ4n) is 2.57. The quantitative estimate of drug-likeness (QED) is 0.844. The molecule has 1 saturated heterocycles. The maximum atomic E-state index is 12.9. The smallest absolute Gasteiger partial charge is 0.416 e. The molecular formula is C16H17F3N4O2. The molecule has 1 aliphatic rings. The second kappa shape index (κ2) is 6.83. The summed E-state index contributed by atoms with van der Waals surface area (Å²) in [6.45, 7) is 3.49. The lowest BCUT2D eigenvalue weighted by Gasteiger charge is -2.35. The van der Waals surface area contributed by atoms with Crippen LogP contribution < -0.4 is 9.64 Å². The van der Waals surface area contributed by atoms with Gasteiger partial charge in [-0.15, -0.1) is 0 Å². The predicted molar refractivity (Wildman–Crippen MR) is 83.8 cm³/mol. The molecule has 0 amide bonds. The van der Waals surface area contributed by atoms with Gasteiger partial charge in [-0.3, -0.25) is 4.98 Å². The highest BCUT2D eigenvalue weighted by atomic mass is 19.4. The highest BCUT2D eigenvalue weighted by Crippen LogP contribution is 2.32. The number of ether oxygens (including phenoxy) is 2. The number of nitrogens with zero attached hydrogens (tertiary/aromatic N) is 4. The Bertz CT molecular complexity index is 754. The number of aromatic nitrogens is 3. The number of halogens is 3. The number of rotatable bonds is 3. The van der Waals surface area contributed by atoms with Crippen molar-refractivity contribution in [2.75, 3.05) is 24.6 Å². The Morgan fingerprint density at radius 3 is 2.76 bits per heavy atom. The van der Waals surface area contributed by atoms with E-state index < -0.39 is 12.3 Å². The van der Waals surface area contributed by atoms with Gasteiger partial charge in [-0.2, -0.15) is 13.2 Å². The minimum atomic E-state index is -4.41. The Kier molecular flexibility index (Phi) is 4.76. The summed E-state index contributed by atoms with van der Waals surface area (Å²) in [6.07, 6.45) is -3.32. The minimum Gasteiger partial charge on any atom is -0.437 e. The van der Waals surface area contributed by atoms with Gasteiger partial charge in [-0.05, 0) is 26.0 Å². The van der Waals surface area contributed by atoms with E-state index in [2.05, 4.69) is 15.0 Å². The molecule has 9 heteroatoms. The zero-order valence-electron chi connectivity index (χ0n) is 13.7. The summed E-state index contributed by atoms with van der Waals surface area (Å²) in [5, 5.41) is 0. The largest absolute Gasteiger partial charge is 0.437 e. The number of hydrogen-bond donors (Lipinski definition) is 0. The molecule has 1 aliphatic heterocycles. The van der Waals surface area contributed by atoms with E-state index in [1.165, 1.54) is 6.33 Å². The van der Waals surface area contributed by atoms with Crippen molar-refractivity contribution in [3.05, 3.63) is 35.9 Å². The predicted octanol–water partition coefficient (Wildman–Crippen LogP) is 3.05. The summed E-state index contributed by atoms with van der Waals surface area (Å²) >= 11 is 0. The Labute approximate surface area is 142 Å². The first kappa shape index (κ1) is 17.4. The van der Waals surface area contributed by atoms with Crippen molar-refractivity contribution in [1.82, 2.24) is 15.0 Å². The van der Waals surface area contributed by atoms with E-state index in [4.69, 9.17) is 9.47 Å². The molecular weight excluding hydrogens is 337 g/mol. The molecule has 2 aromatic rings. The van der Waals surface area contributed by atoms with Crippen LogP contribution in [0.3, 0.4) is 0 Å². The number of hydrogen-bond acceptors (Lipinski definition) is 6. The van der Waals surface area contributed by atoms with E-state index in [9.17, 15) is 13.2 Å². The molecule has 6 nitrogen and oxygen atoms in total. The average molecular weight is 354 g/mol. The minimum absolute atomic E-state index is 0.0223. The zero-order valence-corrected chi connectivity index (χ0v) is 13.7. The normalized spacial score (nSPS) is 18.3. The number of pyridine rings is 1. The van der Waals surface area contributed by atoms with Gasteiger partial charge in [0, 0.05) is 12.7 Å². The van der Waals surface area contributed by atoms with Crippen LogP contribution in [0.4, 0.5) is 19.0 Å². The topological polar surface area (TPSA) is 60.4 Å². The van der Waals surface area contributed by atoms with Crippen LogP contribution in [-0.2, 0) is 4.74 Å². The summed E-state index contributed by atoms with van der Waals surface area (Å²) in [4.78, 5) is 13.9. The average Bonchev–Trinajstić information content (AvgIpc) is 2.58. The number of anilines is 1. The van der Waals surface area contributed by atoms with Gasteiger partial charge in [0.2, 0.25) is 5.88 Å². The van der Waals surface area contributed by atoms with Crippen LogP contribution in [0.1, 0.15) is 11.3 Å². The first-order valence-corrected chi connectivity index (χ1v) is 7.70. The van der Waals surface area contributed by atoms with Crippen LogP contribution in [0.2, 0.25) is 0 Å². The van der Waals surface area contributed by atoms with E-state index in [1.807, 2.05) is 0 Å². The molecule has 0 spiro atoms. The molecule has 3 rings (SSSR count). The van der Waals surface area contributed by atoms with Gasteiger partial charge in [-0.25, -0.2) is 9.97 Å². The van der Waals surface area contributed by atoms with E-state index in [-0.39, 0.29) is 19.0 Å². The van der Waals surface area contributed by atoms with Crippen molar-refractivity contribution >= 4 is 5.82 Å². The molecule has 0 aromatic carbocycles. The standard InChI is InChI=1S/C16H17F3N4O2/c1-10-14(23-6-7-24-13(8-23)16(17,18)19)21-9-22-15(10)25-12-4-3-5-20-11(12)2/h3-5,9,13H,6-8H2,1-2H3/t13-/m0/s1. The third-order valence-corrected chi connectivity index (χ3v) is 3.91. The van der Waals surface area contributed by atoms with Crippen LogP contribution in [0.5, 0.6) is 11.6 Å². The monoisotopic (exact) mass is 354 g/mol. The highest BCUT2D eigenvalue weighted by molar-refractivity contribution is 5.51. The van der Waals surface area contributed by atoms with Crippen LogP contribution in [-0.4, -0.2) is 46.9 Å². The molecule has 0 saturated carbocycles. The van der Waals surface area contributed by atoms with Gasteiger partial charge in [0.1, 0.15) is 12.1 Å². The van der Waals surface area contributed by atoms with Crippen LogP contribution in [0.15, 0.2) is 24.7 Å². The Morgan fingerprint density at radius 2 is 2.04 bits per heavy atom. The Morgan fingerprint density at radius 1 is 1.24 bits per heavy atom. The molecule has 0 N–H and O–H groups in total. The highest BCUT2D eigenvalue weighted by Gasteiger charge is 2.43. The van der Waals surface area contributed by atoms with Crippen molar-refractivity contribution in [2.45, 2.75) is 26.1 Å². The van der Waals surface area contributed by atoms with Gasteiger partial charge in [0.15, 0.2) is 11.9 Å². The van der Waals surface area contributed by atoms with E-state index in [0.29, 0.717) is 29.4 Å². The SMILES string of the molecule is Cc1ncccc1Oc1ncnc(N2CCO[C@H](C(F)(F)F)C2)c1C. The summed E-state index contributed by atoms with van der Waals surface area (Å²) in [5.41, 5.74) is 1.25. The molecule has 0 radical (unpaired) electrons. The molecule has 2 aromatic heterocycles. The van der Waals surface area contributed by atoms with E-state index in [0.717, 1.165) is 0 Å². The van der Waals surface area contributed by atoms with Crippen LogP contribution in [0.25, 0.3) is 0 Å². The van der Waals surface area contributed by atoms with Crippen molar-refractivity contribution in [3.63, 3.8) is 0 Å². The van der Waals surface area contributed by atoms with Crippen LogP contribution in [0, 0.1) is 13.8 Å². The number of alkyl halides is 3. The van der Waals surface area contributed by atoms with Crippen molar-refractivity contribution in [1.29, 1.82) is 0 Å². The third-order valence-electron chi connectivity index (χ3n) is 3.91. The van der Waals surface area contributed by atoms with Crippen LogP contribution >= 0.6 is 0 Å². The maximum absolute atomic E-state index is 12.9. The Hall–Kier alpha value is -2.42. The maximum Gasteiger partial charge on any atom is 0.416 e. The Balaban J connectivity index is 1.85. The molecule has 25 heavy (non-hydrogen) atoms. The van der Waals surface area contributed by atoms with Gasteiger partial charge in [0.25, 0.3) is 0 Å². The first-order valence-electron chi connectivity index (χ1n) is 7.70. The first-order chi connectivity index (χ1) is 11.9. The van der Waals surface area contributed by atoms with Crippen molar-refractivity contribution in [3.8, 4) is 11.6 Å². The molecule has 134 valence electrons. The molecule has 1 atom stereocenters. The van der Waals surface area contributed by atoms with Crippen molar-refractivity contribution in [2.24, 2.45) is 0 Å². The fraction of sp³-hybridized carbons (Fsp3) is 0.438. The molecule has 1 fully saturated rings. The summed E-state index contributed by atoms with van der Waals surface area (Å²) in [6, 6.07) is 3.48. The van der Waals surface area contributed by atoms with Gasteiger partial charge in [-0.1, -0.05) is 0 Å². The fourth-order valence-corrected chi connectivity index (χ4v) is 2.57. The molecule has 0 unspecified atom stereocenters. The van der Waals surface area contributed by atoms with Gasteiger partial charge >= 0.3 is 6.18 Å².